The number of hydrogen-bond acceptors (Lipinski definition) is 7. The minimum absolute atomic E-state index is 0.0646. The zero-order chi connectivity index (χ0) is 22.4. The molecule has 0 radical (unpaired) electrons. The molecule has 0 atom stereocenters. The molecule has 1 aliphatic rings. The van der Waals surface area contributed by atoms with Gasteiger partial charge >= 0.3 is 0 Å². The molecule has 0 unspecified atom stereocenters. The molecular formula is C21H26N2O7S. The van der Waals surface area contributed by atoms with Crippen LogP contribution in [0.15, 0.2) is 41.3 Å². The summed E-state index contributed by atoms with van der Waals surface area (Å²) in [6.07, 6.45) is 0. The van der Waals surface area contributed by atoms with E-state index in [1.807, 2.05) is 6.92 Å². The second-order valence-electron chi connectivity index (χ2n) is 6.63. The molecule has 168 valence electrons. The Morgan fingerprint density at radius 3 is 2.35 bits per heavy atom. The summed E-state index contributed by atoms with van der Waals surface area (Å²) in [7, 11) is -0.789. The van der Waals surface area contributed by atoms with E-state index in [-0.39, 0.29) is 23.7 Å². The smallest absolute Gasteiger partial charge is 0.255 e. The summed E-state index contributed by atoms with van der Waals surface area (Å²) in [5, 5.41) is 2.73. The fourth-order valence-electron chi connectivity index (χ4n) is 3.16. The highest BCUT2D eigenvalue weighted by Crippen LogP contribution is 2.31. The maximum Gasteiger partial charge on any atom is 0.255 e. The van der Waals surface area contributed by atoms with Gasteiger partial charge in [0.2, 0.25) is 10.0 Å². The number of anilines is 1. The summed E-state index contributed by atoms with van der Waals surface area (Å²) >= 11 is 0. The first-order chi connectivity index (χ1) is 14.9. The Kier molecular flexibility index (Phi) is 7.37. The van der Waals surface area contributed by atoms with Crippen molar-refractivity contribution in [3.05, 3.63) is 42.0 Å². The van der Waals surface area contributed by atoms with Crippen LogP contribution in [0.25, 0.3) is 0 Å². The van der Waals surface area contributed by atoms with Crippen LogP contribution in [0.5, 0.6) is 17.2 Å². The van der Waals surface area contributed by atoms with E-state index >= 15 is 0 Å². The van der Waals surface area contributed by atoms with Crippen LogP contribution in [0.2, 0.25) is 0 Å². The van der Waals surface area contributed by atoms with E-state index in [1.54, 1.807) is 18.2 Å². The third-order valence-electron chi connectivity index (χ3n) is 4.75. The first kappa shape index (κ1) is 22.9. The van der Waals surface area contributed by atoms with E-state index in [2.05, 4.69) is 5.32 Å². The predicted molar refractivity (Wildman–Crippen MR) is 115 cm³/mol. The minimum Gasteiger partial charge on any atom is -0.495 e. The first-order valence-corrected chi connectivity index (χ1v) is 11.2. The molecule has 1 heterocycles. The largest absolute Gasteiger partial charge is 0.495 e. The van der Waals surface area contributed by atoms with Crippen LogP contribution in [0.3, 0.4) is 0 Å². The van der Waals surface area contributed by atoms with Crippen LogP contribution >= 0.6 is 0 Å². The summed E-state index contributed by atoms with van der Waals surface area (Å²) in [4.78, 5) is 12.9. The molecule has 0 aromatic heterocycles. The maximum atomic E-state index is 13.0. The number of nitrogens with one attached hydrogen (secondary N) is 1. The predicted octanol–water partition coefficient (Wildman–Crippen LogP) is 2.38. The second kappa shape index (κ2) is 9.99. The Morgan fingerprint density at radius 2 is 1.71 bits per heavy atom. The number of carbonyl (C=O) groups is 1. The number of hydrogen-bond donors (Lipinski definition) is 1. The van der Waals surface area contributed by atoms with Gasteiger partial charge in [0.25, 0.3) is 5.91 Å². The number of amides is 1. The van der Waals surface area contributed by atoms with Gasteiger partial charge in [0.1, 0.15) is 5.75 Å². The third kappa shape index (κ3) is 5.09. The lowest BCUT2D eigenvalue weighted by Gasteiger charge is -2.26. The van der Waals surface area contributed by atoms with Crippen molar-refractivity contribution in [2.75, 3.05) is 52.4 Å². The van der Waals surface area contributed by atoms with Crippen LogP contribution in [0.4, 0.5) is 5.69 Å². The molecule has 1 fully saturated rings. The van der Waals surface area contributed by atoms with Gasteiger partial charge in [0, 0.05) is 18.7 Å². The van der Waals surface area contributed by atoms with Crippen LogP contribution < -0.4 is 19.5 Å². The van der Waals surface area contributed by atoms with E-state index in [9.17, 15) is 13.2 Å². The van der Waals surface area contributed by atoms with Crippen molar-refractivity contribution < 1.29 is 32.2 Å². The third-order valence-corrected chi connectivity index (χ3v) is 6.65. The van der Waals surface area contributed by atoms with Crippen LogP contribution in [0, 0.1) is 0 Å². The molecule has 0 spiro atoms. The van der Waals surface area contributed by atoms with E-state index in [4.69, 9.17) is 18.9 Å². The molecule has 1 N–H and O–H groups in total. The average molecular weight is 451 g/mol. The van der Waals surface area contributed by atoms with E-state index in [1.165, 1.54) is 36.7 Å². The number of sulfonamides is 1. The molecule has 10 heteroatoms. The first-order valence-electron chi connectivity index (χ1n) is 9.78. The second-order valence-corrected chi connectivity index (χ2v) is 8.57. The Morgan fingerprint density at radius 1 is 1.03 bits per heavy atom. The molecule has 31 heavy (non-hydrogen) atoms. The highest BCUT2D eigenvalue weighted by Gasteiger charge is 2.27. The lowest BCUT2D eigenvalue weighted by atomic mass is 10.1. The van der Waals surface area contributed by atoms with Crippen molar-refractivity contribution in [1.82, 2.24) is 4.31 Å². The molecule has 0 saturated carbocycles. The van der Waals surface area contributed by atoms with Crippen LogP contribution in [0.1, 0.15) is 17.3 Å². The Balaban J connectivity index is 1.88. The van der Waals surface area contributed by atoms with Crippen molar-refractivity contribution in [3.63, 3.8) is 0 Å². The monoisotopic (exact) mass is 450 g/mol. The molecule has 0 aliphatic carbocycles. The van der Waals surface area contributed by atoms with Gasteiger partial charge in [-0.2, -0.15) is 4.31 Å². The number of rotatable bonds is 8. The number of benzene rings is 2. The van der Waals surface area contributed by atoms with E-state index < -0.39 is 15.9 Å². The van der Waals surface area contributed by atoms with Gasteiger partial charge < -0.3 is 24.3 Å². The highest BCUT2D eigenvalue weighted by atomic mass is 32.2. The Hall–Kier alpha value is -2.82. The van der Waals surface area contributed by atoms with Crippen molar-refractivity contribution >= 4 is 21.6 Å². The summed E-state index contributed by atoms with van der Waals surface area (Å²) < 4.78 is 48.6. The van der Waals surface area contributed by atoms with Crippen molar-refractivity contribution in [3.8, 4) is 17.2 Å². The van der Waals surface area contributed by atoms with Gasteiger partial charge in [0.15, 0.2) is 11.5 Å². The molecule has 1 amide bonds. The van der Waals surface area contributed by atoms with Crippen molar-refractivity contribution in [2.45, 2.75) is 11.8 Å². The Bertz CT molecular complexity index is 1030. The number of nitrogens with zero attached hydrogens (tertiary/aromatic N) is 1. The zero-order valence-corrected chi connectivity index (χ0v) is 18.5. The quantitative estimate of drug-likeness (QED) is 0.659. The summed E-state index contributed by atoms with van der Waals surface area (Å²) in [6, 6.07) is 9.17. The number of carbonyl (C=O) groups excluding carboxylic acids is 1. The fraction of sp³-hybridized carbons (Fsp3) is 0.381. The van der Waals surface area contributed by atoms with E-state index in [0.717, 1.165) is 0 Å². The Labute approximate surface area is 181 Å². The molecule has 1 aliphatic heterocycles. The highest BCUT2D eigenvalue weighted by molar-refractivity contribution is 7.89. The molecule has 1 saturated heterocycles. The van der Waals surface area contributed by atoms with Gasteiger partial charge in [-0.3, -0.25) is 4.79 Å². The SMILES string of the molecule is CCOc1ccc(C(=O)Nc2cc(S(=O)(=O)N3CCOCC3)ccc2OC)cc1OC. The lowest BCUT2D eigenvalue weighted by molar-refractivity contribution is 0.0730. The van der Waals surface area contributed by atoms with Gasteiger partial charge in [-0.25, -0.2) is 8.42 Å². The number of morpholine rings is 1. The average Bonchev–Trinajstić information content (AvgIpc) is 2.80. The summed E-state index contributed by atoms with van der Waals surface area (Å²) in [6.45, 7) is 3.56. The van der Waals surface area contributed by atoms with Crippen LogP contribution in [-0.4, -0.2) is 65.8 Å². The van der Waals surface area contributed by atoms with Crippen LogP contribution in [-0.2, 0) is 14.8 Å². The standard InChI is InChI=1S/C21H26N2O7S/c1-4-30-19-7-5-15(13-20(19)28-3)21(24)22-17-14-16(6-8-18(17)27-2)31(25,26)23-9-11-29-12-10-23/h5-8,13-14H,4,9-12H2,1-3H3,(H,22,24). The van der Waals surface area contributed by atoms with Gasteiger partial charge in [-0.1, -0.05) is 0 Å². The number of methoxy groups -OCH3 is 2. The van der Waals surface area contributed by atoms with Gasteiger partial charge in [-0.05, 0) is 43.3 Å². The normalized spacial score (nSPS) is 14.7. The molecule has 3 rings (SSSR count). The summed E-state index contributed by atoms with van der Waals surface area (Å²) in [5.74, 6) is 0.843. The molecule has 2 aromatic carbocycles. The molecule has 0 bridgehead atoms. The van der Waals surface area contributed by atoms with Gasteiger partial charge in [0.05, 0.1) is 44.6 Å². The number of ether oxygens (including phenoxy) is 4. The van der Waals surface area contributed by atoms with Crippen molar-refractivity contribution in [1.29, 1.82) is 0 Å². The fourth-order valence-corrected chi connectivity index (χ4v) is 4.59. The molecule has 2 aromatic rings. The van der Waals surface area contributed by atoms with E-state index in [0.29, 0.717) is 42.6 Å². The van der Waals surface area contributed by atoms with Gasteiger partial charge in [-0.15, -0.1) is 0 Å². The minimum atomic E-state index is -3.72. The molecular weight excluding hydrogens is 424 g/mol. The zero-order valence-electron chi connectivity index (χ0n) is 17.7. The maximum absolute atomic E-state index is 13.0. The summed E-state index contributed by atoms with van der Waals surface area (Å²) in [5.41, 5.74) is 0.568. The molecule has 9 nitrogen and oxygen atoms in total. The lowest BCUT2D eigenvalue weighted by Crippen LogP contribution is -2.40. The van der Waals surface area contributed by atoms with Crippen molar-refractivity contribution in [2.24, 2.45) is 0 Å². The topological polar surface area (TPSA) is 103 Å².